The quantitative estimate of drug-likeness (QED) is 0.629. The van der Waals surface area contributed by atoms with Crippen LogP contribution in [-0.2, 0) is 11.3 Å². The molecule has 3 heterocycles. The Morgan fingerprint density at radius 1 is 1.00 bits per heavy atom. The van der Waals surface area contributed by atoms with Gasteiger partial charge in [0, 0.05) is 62.3 Å². The molecule has 1 aromatic carbocycles. The van der Waals surface area contributed by atoms with Crippen molar-refractivity contribution in [3.05, 3.63) is 66.6 Å². The molecule has 0 unspecified atom stereocenters. The van der Waals surface area contributed by atoms with Crippen LogP contribution in [0.3, 0.4) is 0 Å². The minimum absolute atomic E-state index is 0.256. The molecule has 6 nitrogen and oxygen atoms in total. The summed E-state index contributed by atoms with van der Waals surface area (Å²) in [6.45, 7) is 3.16. The maximum absolute atomic E-state index is 12.3. The molecule has 0 spiro atoms. The molecule has 1 fully saturated rings. The van der Waals surface area contributed by atoms with E-state index in [1.54, 1.807) is 12.4 Å². The van der Waals surface area contributed by atoms with Crippen molar-refractivity contribution < 1.29 is 4.79 Å². The zero-order valence-electron chi connectivity index (χ0n) is 16.6. The number of amides is 1. The van der Waals surface area contributed by atoms with Gasteiger partial charge < -0.3 is 10.2 Å². The van der Waals surface area contributed by atoms with Gasteiger partial charge in [0.15, 0.2) is 0 Å². The molecule has 29 heavy (non-hydrogen) atoms. The van der Waals surface area contributed by atoms with Crippen LogP contribution in [0.2, 0.25) is 0 Å². The minimum atomic E-state index is 0.256. The van der Waals surface area contributed by atoms with Crippen molar-refractivity contribution >= 4 is 5.91 Å². The second kappa shape index (κ2) is 9.47. The van der Waals surface area contributed by atoms with E-state index in [0.717, 1.165) is 48.4 Å². The molecule has 1 aliphatic heterocycles. The van der Waals surface area contributed by atoms with E-state index < -0.39 is 0 Å². The van der Waals surface area contributed by atoms with Gasteiger partial charge >= 0.3 is 0 Å². The molecule has 150 valence electrons. The van der Waals surface area contributed by atoms with Crippen LogP contribution >= 0.6 is 0 Å². The molecule has 6 heteroatoms. The molecule has 0 aliphatic carbocycles. The lowest BCUT2D eigenvalue weighted by atomic mass is 10.1. The Hall–Kier alpha value is -2.99. The van der Waals surface area contributed by atoms with Gasteiger partial charge in [-0.05, 0) is 43.5 Å². The highest BCUT2D eigenvalue weighted by Gasteiger charge is 2.16. The number of pyridine rings is 1. The summed E-state index contributed by atoms with van der Waals surface area (Å²) in [6, 6.07) is 14.0. The van der Waals surface area contributed by atoms with E-state index in [1.165, 1.54) is 6.42 Å². The maximum atomic E-state index is 12.3. The Morgan fingerprint density at radius 3 is 2.52 bits per heavy atom. The third kappa shape index (κ3) is 4.90. The molecule has 0 atom stereocenters. The van der Waals surface area contributed by atoms with Crippen molar-refractivity contribution in [2.45, 2.75) is 32.2 Å². The van der Waals surface area contributed by atoms with Crippen LogP contribution in [-0.4, -0.2) is 45.2 Å². The Labute approximate surface area is 171 Å². The van der Waals surface area contributed by atoms with Gasteiger partial charge in [-0.25, -0.2) is 4.68 Å². The van der Waals surface area contributed by atoms with Crippen LogP contribution in [0.4, 0.5) is 0 Å². The van der Waals surface area contributed by atoms with Crippen molar-refractivity contribution in [1.29, 1.82) is 0 Å². The molecule has 0 saturated carbocycles. The number of piperidine rings is 1. The lowest BCUT2D eigenvalue weighted by Gasteiger charge is -2.26. The van der Waals surface area contributed by atoms with Crippen molar-refractivity contribution in [1.82, 2.24) is 25.0 Å². The standard InChI is InChI=1S/C23H27N5O/c29-22(27-15-5-2-6-16-27)11-14-25-17-20-18-28(21-7-3-1-4-8-21)26-23(20)19-9-12-24-13-10-19/h1,3-4,7-10,12-13,18,25H,2,5-6,11,14-17H2. The lowest BCUT2D eigenvalue weighted by molar-refractivity contribution is -0.131. The highest BCUT2D eigenvalue weighted by molar-refractivity contribution is 5.76. The average Bonchev–Trinajstić information content (AvgIpc) is 3.22. The first kappa shape index (κ1) is 19.3. The summed E-state index contributed by atoms with van der Waals surface area (Å²) >= 11 is 0. The van der Waals surface area contributed by atoms with E-state index in [2.05, 4.69) is 16.5 Å². The summed E-state index contributed by atoms with van der Waals surface area (Å²) < 4.78 is 1.91. The average molecular weight is 390 g/mol. The molecule has 1 aliphatic rings. The largest absolute Gasteiger partial charge is 0.343 e. The van der Waals surface area contributed by atoms with Crippen LogP contribution < -0.4 is 5.32 Å². The predicted molar refractivity (Wildman–Crippen MR) is 114 cm³/mol. The lowest BCUT2D eigenvalue weighted by Crippen LogP contribution is -2.37. The van der Waals surface area contributed by atoms with E-state index in [9.17, 15) is 4.79 Å². The first-order valence-corrected chi connectivity index (χ1v) is 10.3. The van der Waals surface area contributed by atoms with Crippen molar-refractivity contribution in [2.24, 2.45) is 0 Å². The summed E-state index contributed by atoms with van der Waals surface area (Å²) in [4.78, 5) is 18.5. The first-order valence-electron chi connectivity index (χ1n) is 10.3. The zero-order valence-corrected chi connectivity index (χ0v) is 16.6. The topological polar surface area (TPSA) is 63.1 Å². The highest BCUT2D eigenvalue weighted by Crippen LogP contribution is 2.23. The number of nitrogens with one attached hydrogen (secondary N) is 1. The fraction of sp³-hybridized carbons (Fsp3) is 0.348. The van der Waals surface area contributed by atoms with Crippen molar-refractivity contribution in [3.63, 3.8) is 0 Å². The Bertz CT molecular complexity index is 917. The fourth-order valence-electron chi connectivity index (χ4n) is 3.72. The normalized spacial score (nSPS) is 14.1. The molecule has 0 radical (unpaired) electrons. The van der Waals surface area contributed by atoms with E-state index in [-0.39, 0.29) is 5.91 Å². The molecule has 2 aromatic heterocycles. The Morgan fingerprint density at radius 2 is 1.76 bits per heavy atom. The number of benzene rings is 1. The third-order valence-corrected chi connectivity index (χ3v) is 5.30. The second-order valence-corrected chi connectivity index (χ2v) is 7.39. The summed E-state index contributed by atoms with van der Waals surface area (Å²) in [6.07, 6.45) is 9.67. The van der Waals surface area contributed by atoms with Gasteiger partial charge in [-0.2, -0.15) is 5.10 Å². The first-order chi connectivity index (χ1) is 14.3. The fourth-order valence-corrected chi connectivity index (χ4v) is 3.72. The predicted octanol–water partition coefficient (Wildman–Crippen LogP) is 3.43. The van der Waals surface area contributed by atoms with Gasteiger partial charge in [0.2, 0.25) is 5.91 Å². The van der Waals surface area contributed by atoms with E-state index in [4.69, 9.17) is 5.10 Å². The number of hydrogen-bond donors (Lipinski definition) is 1. The van der Waals surface area contributed by atoms with Gasteiger partial charge in [0.05, 0.1) is 11.4 Å². The molecule has 1 saturated heterocycles. The van der Waals surface area contributed by atoms with Crippen LogP contribution in [0.1, 0.15) is 31.2 Å². The number of likely N-dealkylation sites (tertiary alicyclic amines) is 1. The van der Waals surface area contributed by atoms with Crippen molar-refractivity contribution in [2.75, 3.05) is 19.6 Å². The Kier molecular flexibility index (Phi) is 6.32. The van der Waals surface area contributed by atoms with E-state index in [0.29, 0.717) is 19.5 Å². The van der Waals surface area contributed by atoms with Gasteiger partial charge in [-0.15, -0.1) is 0 Å². The second-order valence-electron chi connectivity index (χ2n) is 7.39. The molecular weight excluding hydrogens is 362 g/mol. The van der Waals surface area contributed by atoms with Crippen LogP contribution in [0.5, 0.6) is 0 Å². The SMILES string of the molecule is O=C(CCNCc1cn(-c2ccccc2)nc1-c1ccncc1)N1CCCCC1. The molecule has 3 aromatic rings. The zero-order chi connectivity index (χ0) is 19.9. The van der Waals surface area contributed by atoms with E-state index in [1.807, 2.05) is 52.0 Å². The molecule has 1 N–H and O–H groups in total. The summed E-state index contributed by atoms with van der Waals surface area (Å²) in [5.41, 5.74) is 4.10. The highest BCUT2D eigenvalue weighted by atomic mass is 16.2. The number of rotatable bonds is 7. The molecular formula is C23H27N5O. The summed E-state index contributed by atoms with van der Waals surface area (Å²) in [5.74, 6) is 0.256. The molecule has 1 amide bonds. The molecule has 4 rings (SSSR count). The number of aromatic nitrogens is 3. The monoisotopic (exact) mass is 389 g/mol. The van der Waals surface area contributed by atoms with Gasteiger partial charge in [-0.3, -0.25) is 9.78 Å². The third-order valence-electron chi connectivity index (χ3n) is 5.30. The van der Waals surface area contributed by atoms with Gasteiger partial charge in [-0.1, -0.05) is 18.2 Å². The van der Waals surface area contributed by atoms with Crippen molar-refractivity contribution in [3.8, 4) is 16.9 Å². The number of para-hydroxylation sites is 1. The van der Waals surface area contributed by atoms with Crippen LogP contribution in [0.25, 0.3) is 16.9 Å². The number of carbonyl (C=O) groups excluding carboxylic acids is 1. The summed E-state index contributed by atoms with van der Waals surface area (Å²) in [7, 11) is 0. The van der Waals surface area contributed by atoms with E-state index >= 15 is 0 Å². The minimum Gasteiger partial charge on any atom is -0.343 e. The Balaban J connectivity index is 1.43. The molecule has 0 bridgehead atoms. The maximum Gasteiger partial charge on any atom is 0.223 e. The van der Waals surface area contributed by atoms with Gasteiger partial charge in [0.1, 0.15) is 0 Å². The van der Waals surface area contributed by atoms with Crippen LogP contribution in [0, 0.1) is 0 Å². The smallest absolute Gasteiger partial charge is 0.223 e. The number of nitrogens with zero attached hydrogens (tertiary/aromatic N) is 4. The summed E-state index contributed by atoms with van der Waals surface area (Å²) in [5, 5.41) is 8.24. The van der Waals surface area contributed by atoms with Gasteiger partial charge in [0.25, 0.3) is 0 Å². The van der Waals surface area contributed by atoms with Crippen LogP contribution in [0.15, 0.2) is 61.1 Å². The number of hydrogen-bond acceptors (Lipinski definition) is 4. The number of carbonyl (C=O) groups is 1.